The molecule has 0 fully saturated rings. The van der Waals surface area contributed by atoms with Crippen molar-refractivity contribution in [2.45, 2.75) is 6.42 Å². The Kier molecular flexibility index (Phi) is 2.77. The molecule has 18 heavy (non-hydrogen) atoms. The van der Waals surface area contributed by atoms with E-state index in [-0.39, 0.29) is 0 Å². The Morgan fingerprint density at radius 1 is 1.11 bits per heavy atom. The highest BCUT2D eigenvalue weighted by Crippen LogP contribution is 2.33. The molecule has 0 amide bonds. The maximum atomic E-state index is 5.12. The molecular formula is C16H14O2. The zero-order chi connectivity index (χ0) is 12.4. The molecule has 2 aliphatic carbocycles. The lowest BCUT2D eigenvalue weighted by Crippen LogP contribution is -1.82. The number of ether oxygens (including phenoxy) is 1. The minimum atomic E-state index is 0.956. The van der Waals surface area contributed by atoms with Gasteiger partial charge in [0.25, 0.3) is 0 Å². The van der Waals surface area contributed by atoms with Crippen LogP contribution in [0.5, 0.6) is 0 Å². The predicted octanol–water partition coefficient (Wildman–Crippen LogP) is 4.22. The Morgan fingerprint density at radius 2 is 2.00 bits per heavy atom. The van der Waals surface area contributed by atoms with Crippen LogP contribution in [0.3, 0.4) is 0 Å². The lowest BCUT2D eigenvalue weighted by atomic mass is 10.3. The van der Waals surface area contributed by atoms with E-state index in [9.17, 15) is 0 Å². The van der Waals surface area contributed by atoms with Gasteiger partial charge in [0.15, 0.2) is 0 Å². The van der Waals surface area contributed by atoms with E-state index in [4.69, 9.17) is 9.15 Å². The van der Waals surface area contributed by atoms with E-state index in [1.807, 2.05) is 30.3 Å². The number of methoxy groups -OCH3 is 1. The summed E-state index contributed by atoms with van der Waals surface area (Å²) in [4.78, 5) is 0. The van der Waals surface area contributed by atoms with Crippen LogP contribution >= 0.6 is 0 Å². The number of rotatable bonds is 1. The maximum Gasteiger partial charge on any atom is 0.133 e. The SMILES string of the molecule is COC1=C2C=CC(=C1)C2.c1ccc2occc2c1. The molecule has 0 saturated carbocycles. The van der Waals surface area contributed by atoms with E-state index in [0.29, 0.717) is 0 Å². The molecule has 0 spiro atoms. The predicted molar refractivity (Wildman–Crippen MR) is 72.1 cm³/mol. The fourth-order valence-corrected chi connectivity index (χ4v) is 2.17. The molecule has 4 rings (SSSR count). The van der Waals surface area contributed by atoms with Gasteiger partial charge in [-0.2, -0.15) is 0 Å². The number of furan rings is 1. The summed E-state index contributed by atoms with van der Waals surface area (Å²) in [5.41, 5.74) is 3.66. The van der Waals surface area contributed by atoms with Gasteiger partial charge in [-0.15, -0.1) is 0 Å². The second-order valence-corrected chi connectivity index (χ2v) is 4.28. The van der Waals surface area contributed by atoms with Gasteiger partial charge in [-0.1, -0.05) is 30.4 Å². The molecule has 1 aromatic carbocycles. The first-order chi connectivity index (χ1) is 8.86. The van der Waals surface area contributed by atoms with Crippen molar-refractivity contribution in [1.82, 2.24) is 0 Å². The maximum absolute atomic E-state index is 5.12. The Hall–Kier alpha value is -2.22. The highest BCUT2D eigenvalue weighted by molar-refractivity contribution is 5.76. The number of fused-ring (bicyclic) bond motifs is 3. The summed E-state index contributed by atoms with van der Waals surface area (Å²) in [7, 11) is 1.72. The van der Waals surface area contributed by atoms with Crippen LogP contribution in [0, 0.1) is 0 Å². The molecule has 0 unspecified atom stereocenters. The van der Waals surface area contributed by atoms with Crippen LogP contribution in [0.1, 0.15) is 6.42 Å². The highest BCUT2D eigenvalue weighted by atomic mass is 16.5. The van der Waals surface area contributed by atoms with Crippen LogP contribution in [0.15, 0.2) is 76.1 Å². The van der Waals surface area contributed by atoms with Crippen LogP contribution < -0.4 is 0 Å². The summed E-state index contributed by atoms with van der Waals surface area (Å²) in [5.74, 6) is 1.05. The summed E-state index contributed by atoms with van der Waals surface area (Å²) in [5, 5.41) is 1.16. The molecule has 2 nitrogen and oxygen atoms in total. The first kappa shape index (κ1) is 10.9. The lowest BCUT2D eigenvalue weighted by Gasteiger charge is -1.98. The van der Waals surface area contributed by atoms with Crippen molar-refractivity contribution in [3.8, 4) is 0 Å². The monoisotopic (exact) mass is 238 g/mol. The molecule has 2 heteroatoms. The van der Waals surface area contributed by atoms with Gasteiger partial charge in [0.1, 0.15) is 11.3 Å². The van der Waals surface area contributed by atoms with Crippen molar-refractivity contribution in [3.05, 3.63) is 71.7 Å². The van der Waals surface area contributed by atoms with Crippen LogP contribution in [-0.4, -0.2) is 7.11 Å². The van der Waals surface area contributed by atoms with Crippen LogP contribution in [-0.2, 0) is 4.74 Å². The molecule has 0 radical (unpaired) electrons. The lowest BCUT2D eigenvalue weighted by molar-refractivity contribution is 0.305. The van der Waals surface area contributed by atoms with Crippen LogP contribution in [0.2, 0.25) is 0 Å². The van der Waals surface area contributed by atoms with E-state index in [0.717, 1.165) is 23.1 Å². The second-order valence-electron chi connectivity index (χ2n) is 4.28. The Bertz CT molecular complexity index is 626. The summed E-state index contributed by atoms with van der Waals surface area (Å²) < 4.78 is 10.2. The Labute approximate surface area is 106 Å². The van der Waals surface area contributed by atoms with Crippen molar-refractivity contribution in [3.63, 3.8) is 0 Å². The molecule has 1 heterocycles. The molecule has 2 aliphatic rings. The molecule has 2 aromatic rings. The molecule has 90 valence electrons. The van der Waals surface area contributed by atoms with E-state index in [1.54, 1.807) is 13.4 Å². The van der Waals surface area contributed by atoms with E-state index < -0.39 is 0 Å². The van der Waals surface area contributed by atoms with Gasteiger partial charge in [0, 0.05) is 11.8 Å². The average molecular weight is 238 g/mol. The van der Waals surface area contributed by atoms with Gasteiger partial charge in [0.05, 0.1) is 13.4 Å². The van der Waals surface area contributed by atoms with Gasteiger partial charge in [-0.3, -0.25) is 0 Å². The zero-order valence-electron chi connectivity index (χ0n) is 10.2. The number of hydrogen-bond acceptors (Lipinski definition) is 2. The normalized spacial score (nSPS) is 15.7. The number of allylic oxidation sites excluding steroid dienone is 5. The Balaban J connectivity index is 0.000000111. The van der Waals surface area contributed by atoms with Crippen molar-refractivity contribution in [1.29, 1.82) is 0 Å². The smallest absolute Gasteiger partial charge is 0.133 e. The third-order valence-electron chi connectivity index (χ3n) is 3.11. The topological polar surface area (TPSA) is 22.4 Å². The van der Waals surface area contributed by atoms with Crippen LogP contribution in [0.4, 0.5) is 0 Å². The second kappa shape index (κ2) is 4.57. The van der Waals surface area contributed by atoms with Crippen molar-refractivity contribution < 1.29 is 9.15 Å². The third kappa shape index (κ3) is 1.97. The minimum absolute atomic E-state index is 0.956. The van der Waals surface area contributed by atoms with Gasteiger partial charge in [-0.25, -0.2) is 0 Å². The molecule has 1 aromatic heterocycles. The fraction of sp³-hybridized carbons (Fsp3) is 0.125. The summed E-state index contributed by atoms with van der Waals surface area (Å²) in [6.07, 6.45) is 9.13. The summed E-state index contributed by atoms with van der Waals surface area (Å²) in [6, 6.07) is 9.90. The van der Waals surface area contributed by atoms with Crippen LogP contribution in [0.25, 0.3) is 11.0 Å². The van der Waals surface area contributed by atoms with Gasteiger partial charge in [-0.05, 0) is 29.4 Å². The van der Waals surface area contributed by atoms with Gasteiger partial charge in [0.2, 0.25) is 0 Å². The highest BCUT2D eigenvalue weighted by Gasteiger charge is 2.17. The van der Waals surface area contributed by atoms with Gasteiger partial charge < -0.3 is 9.15 Å². The quantitative estimate of drug-likeness (QED) is 0.742. The standard InChI is InChI=1S/C8H8O.C8H6O/c1-9-8-5-6-2-3-7(8)4-6;1-2-4-8-7(3-1)5-6-9-8/h2-3,5H,4H2,1H3;1-6H. The van der Waals surface area contributed by atoms with Crippen molar-refractivity contribution in [2.24, 2.45) is 0 Å². The van der Waals surface area contributed by atoms with E-state index in [1.165, 1.54) is 11.1 Å². The first-order valence-electron chi connectivity index (χ1n) is 5.95. The van der Waals surface area contributed by atoms with Crippen molar-refractivity contribution in [2.75, 3.05) is 7.11 Å². The largest absolute Gasteiger partial charge is 0.496 e. The minimum Gasteiger partial charge on any atom is -0.496 e. The number of hydrogen-bond donors (Lipinski definition) is 0. The summed E-state index contributed by atoms with van der Waals surface area (Å²) in [6.45, 7) is 0. The first-order valence-corrected chi connectivity index (χ1v) is 5.95. The summed E-state index contributed by atoms with van der Waals surface area (Å²) >= 11 is 0. The van der Waals surface area contributed by atoms with Crippen molar-refractivity contribution >= 4 is 11.0 Å². The van der Waals surface area contributed by atoms with E-state index >= 15 is 0 Å². The third-order valence-corrected chi connectivity index (χ3v) is 3.11. The molecule has 2 bridgehead atoms. The zero-order valence-corrected chi connectivity index (χ0v) is 10.2. The molecule has 0 saturated heterocycles. The molecule has 0 aliphatic heterocycles. The fourth-order valence-electron chi connectivity index (χ4n) is 2.17. The molecular weight excluding hydrogens is 224 g/mol. The molecule has 0 atom stereocenters. The number of benzene rings is 1. The molecule has 0 N–H and O–H groups in total. The average Bonchev–Trinajstić information content (AvgIpc) is 3.14. The number of para-hydroxylation sites is 1. The Morgan fingerprint density at radius 3 is 2.61 bits per heavy atom. The van der Waals surface area contributed by atoms with E-state index in [2.05, 4.69) is 18.2 Å². The van der Waals surface area contributed by atoms with Gasteiger partial charge >= 0.3 is 0 Å².